The molecule has 2 saturated heterocycles. The normalized spacial score (nSPS) is 42.0. The SMILES string of the molecule is COC1CN2CCC[C@]2(CO)C1. The van der Waals surface area contributed by atoms with Gasteiger partial charge in [-0.3, -0.25) is 4.90 Å². The molecule has 0 aromatic carbocycles. The smallest absolute Gasteiger partial charge is 0.0716 e. The van der Waals surface area contributed by atoms with Crippen molar-refractivity contribution in [2.45, 2.75) is 30.9 Å². The number of hydrogen-bond donors (Lipinski definition) is 1. The molecule has 2 atom stereocenters. The molecule has 12 heavy (non-hydrogen) atoms. The van der Waals surface area contributed by atoms with Crippen LogP contribution in [0.2, 0.25) is 0 Å². The Bertz CT molecular complexity index is 174. The molecule has 0 radical (unpaired) electrons. The van der Waals surface area contributed by atoms with Crippen molar-refractivity contribution in [2.24, 2.45) is 0 Å². The molecule has 2 fully saturated rings. The van der Waals surface area contributed by atoms with Crippen molar-refractivity contribution in [1.82, 2.24) is 4.90 Å². The van der Waals surface area contributed by atoms with E-state index in [2.05, 4.69) is 4.90 Å². The monoisotopic (exact) mass is 171 g/mol. The van der Waals surface area contributed by atoms with Crippen molar-refractivity contribution in [3.05, 3.63) is 0 Å². The molecule has 2 aliphatic rings. The summed E-state index contributed by atoms with van der Waals surface area (Å²) in [7, 11) is 1.76. The fourth-order valence-corrected chi connectivity index (χ4v) is 2.65. The number of nitrogens with zero attached hydrogens (tertiary/aromatic N) is 1. The lowest BCUT2D eigenvalue weighted by molar-refractivity contribution is 0.0944. The first-order valence-electron chi connectivity index (χ1n) is 4.69. The Morgan fingerprint density at radius 2 is 2.50 bits per heavy atom. The summed E-state index contributed by atoms with van der Waals surface area (Å²) in [6, 6.07) is 0. The number of aliphatic hydroxyl groups excluding tert-OH is 1. The third kappa shape index (κ3) is 1.08. The van der Waals surface area contributed by atoms with E-state index in [-0.39, 0.29) is 5.54 Å². The van der Waals surface area contributed by atoms with Gasteiger partial charge in [0.15, 0.2) is 0 Å². The highest BCUT2D eigenvalue weighted by atomic mass is 16.5. The number of ether oxygens (including phenoxy) is 1. The summed E-state index contributed by atoms with van der Waals surface area (Å²) in [5.74, 6) is 0. The molecule has 0 amide bonds. The van der Waals surface area contributed by atoms with Gasteiger partial charge in [0.25, 0.3) is 0 Å². The summed E-state index contributed by atoms with van der Waals surface area (Å²) in [4.78, 5) is 2.39. The zero-order valence-electron chi connectivity index (χ0n) is 7.62. The Labute approximate surface area is 73.3 Å². The van der Waals surface area contributed by atoms with E-state index in [0.717, 1.165) is 25.9 Å². The predicted molar refractivity (Wildman–Crippen MR) is 46.0 cm³/mol. The molecular formula is C9H17NO2. The number of fused-ring (bicyclic) bond motifs is 1. The van der Waals surface area contributed by atoms with Crippen molar-refractivity contribution < 1.29 is 9.84 Å². The maximum absolute atomic E-state index is 9.34. The molecule has 3 heteroatoms. The van der Waals surface area contributed by atoms with Crippen molar-refractivity contribution in [2.75, 3.05) is 26.8 Å². The second-order valence-corrected chi connectivity index (χ2v) is 3.99. The summed E-state index contributed by atoms with van der Waals surface area (Å²) in [6.45, 7) is 2.45. The highest BCUT2D eigenvalue weighted by molar-refractivity contribution is 5.03. The van der Waals surface area contributed by atoms with Crippen LogP contribution in [0.15, 0.2) is 0 Å². The molecule has 70 valence electrons. The number of aliphatic hydroxyl groups is 1. The standard InChI is InChI=1S/C9H17NO2/c1-12-8-5-9(7-11)3-2-4-10(9)6-8/h8,11H,2-7H2,1H3/t8?,9-/m1/s1. The van der Waals surface area contributed by atoms with Gasteiger partial charge >= 0.3 is 0 Å². The lowest BCUT2D eigenvalue weighted by Gasteiger charge is -2.28. The summed E-state index contributed by atoms with van der Waals surface area (Å²) >= 11 is 0. The minimum Gasteiger partial charge on any atom is -0.394 e. The zero-order valence-corrected chi connectivity index (χ0v) is 7.62. The van der Waals surface area contributed by atoms with E-state index in [0.29, 0.717) is 12.7 Å². The van der Waals surface area contributed by atoms with Gasteiger partial charge in [0.1, 0.15) is 0 Å². The first kappa shape index (κ1) is 8.48. The van der Waals surface area contributed by atoms with E-state index in [1.807, 2.05) is 0 Å². The first-order chi connectivity index (χ1) is 5.80. The van der Waals surface area contributed by atoms with Crippen LogP contribution in [0.3, 0.4) is 0 Å². The first-order valence-corrected chi connectivity index (χ1v) is 4.69. The number of rotatable bonds is 2. The molecule has 2 heterocycles. The van der Waals surface area contributed by atoms with Crippen LogP contribution in [0.1, 0.15) is 19.3 Å². The second-order valence-electron chi connectivity index (χ2n) is 3.99. The van der Waals surface area contributed by atoms with Gasteiger partial charge in [0.2, 0.25) is 0 Å². The van der Waals surface area contributed by atoms with Gasteiger partial charge in [0.05, 0.1) is 12.7 Å². The Hall–Kier alpha value is -0.120. The van der Waals surface area contributed by atoms with Crippen LogP contribution < -0.4 is 0 Å². The second kappa shape index (κ2) is 2.98. The lowest BCUT2D eigenvalue weighted by Crippen LogP contribution is -2.41. The van der Waals surface area contributed by atoms with Crippen LogP contribution in [0.25, 0.3) is 0 Å². The Balaban J connectivity index is 2.09. The van der Waals surface area contributed by atoms with Gasteiger partial charge < -0.3 is 9.84 Å². The maximum atomic E-state index is 9.34. The Kier molecular flexibility index (Phi) is 2.10. The van der Waals surface area contributed by atoms with Gasteiger partial charge in [-0.1, -0.05) is 0 Å². The van der Waals surface area contributed by atoms with E-state index in [9.17, 15) is 5.11 Å². The van der Waals surface area contributed by atoms with E-state index in [1.54, 1.807) is 7.11 Å². The maximum Gasteiger partial charge on any atom is 0.0716 e. The van der Waals surface area contributed by atoms with E-state index in [1.165, 1.54) is 6.42 Å². The molecule has 0 spiro atoms. The highest BCUT2D eigenvalue weighted by Gasteiger charge is 2.47. The molecule has 2 rings (SSSR count). The van der Waals surface area contributed by atoms with Crippen LogP contribution in [0.4, 0.5) is 0 Å². The average molecular weight is 171 g/mol. The van der Waals surface area contributed by atoms with E-state index < -0.39 is 0 Å². The van der Waals surface area contributed by atoms with Gasteiger partial charge in [-0.15, -0.1) is 0 Å². The molecule has 0 aromatic heterocycles. The van der Waals surface area contributed by atoms with Gasteiger partial charge in [0, 0.05) is 19.2 Å². The van der Waals surface area contributed by atoms with Gasteiger partial charge in [-0.05, 0) is 25.8 Å². The molecule has 0 bridgehead atoms. The summed E-state index contributed by atoms with van der Waals surface area (Å²) < 4.78 is 5.32. The van der Waals surface area contributed by atoms with Crippen LogP contribution in [-0.4, -0.2) is 48.5 Å². The van der Waals surface area contributed by atoms with Crippen molar-refractivity contribution >= 4 is 0 Å². The fraction of sp³-hybridized carbons (Fsp3) is 1.00. The summed E-state index contributed by atoms with van der Waals surface area (Å²) in [5.41, 5.74) is 0.0840. The van der Waals surface area contributed by atoms with E-state index >= 15 is 0 Å². The van der Waals surface area contributed by atoms with Gasteiger partial charge in [-0.25, -0.2) is 0 Å². The van der Waals surface area contributed by atoms with Crippen molar-refractivity contribution in [3.8, 4) is 0 Å². The van der Waals surface area contributed by atoms with Crippen molar-refractivity contribution in [1.29, 1.82) is 0 Å². The van der Waals surface area contributed by atoms with Crippen LogP contribution in [0, 0.1) is 0 Å². The highest BCUT2D eigenvalue weighted by Crippen LogP contribution is 2.39. The Morgan fingerprint density at radius 1 is 1.67 bits per heavy atom. The fourth-order valence-electron chi connectivity index (χ4n) is 2.65. The van der Waals surface area contributed by atoms with Crippen molar-refractivity contribution in [3.63, 3.8) is 0 Å². The lowest BCUT2D eigenvalue weighted by atomic mass is 9.94. The quantitative estimate of drug-likeness (QED) is 0.645. The largest absolute Gasteiger partial charge is 0.394 e. The minimum absolute atomic E-state index is 0.0840. The predicted octanol–water partition coefficient (Wildman–Crippen LogP) is 0.232. The Morgan fingerprint density at radius 3 is 3.08 bits per heavy atom. The topological polar surface area (TPSA) is 32.7 Å². The molecule has 1 N–H and O–H groups in total. The molecule has 1 unspecified atom stereocenters. The molecule has 3 nitrogen and oxygen atoms in total. The molecule has 0 saturated carbocycles. The number of methoxy groups -OCH3 is 1. The van der Waals surface area contributed by atoms with E-state index in [4.69, 9.17) is 4.74 Å². The minimum atomic E-state index is 0.0840. The third-order valence-corrected chi connectivity index (χ3v) is 3.40. The van der Waals surface area contributed by atoms with Crippen LogP contribution in [0.5, 0.6) is 0 Å². The van der Waals surface area contributed by atoms with Crippen LogP contribution in [-0.2, 0) is 4.74 Å². The average Bonchev–Trinajstić information content (AvgIpc) is 2.58. The molecule has 0 aliphatic carbocycles. The summed E-state index contributed by atoms with van der Waals surface area (Å²) in [6.07, 6.45) is 3.73. The van der Waals surface area contributed by atoms with Gasteiger partial charge in [-0.2, -0.15) is 0 Å². The molecule has 0 aromatic rings. The zero-order chi connectivity index (χ0) is 8.60. The summed E-state index contributed by atoms with van der Waals surface area (Å²) in [5, 5.41) is 9.34. The number of hydrogen-bond acceptors (Lipinski definition) is 3. The third-order valence-electron chi connectivity index (χ3n) is 3.40. The molecular weight excluding hydrogens is 154 g/mol. The van der Waals surface area contributed by atoms with Crippen LogP contribution >= 0.6 is 0 Å². The molecule has 2 aliphatic heterocycles.